The molecule has 0 saturated heterocycles. The molecule has 0 radical (unpaired) electrons. The van der Waals surface area contributed by atoms with E-state index in [1.165, 1.54) is 11.5 Å². The maximum absolute atomic E-state index is 5.95. The monoisotopic (exact) mass is 305 g/mol. The summed E-state index contributed by atoms with van der Waals surface area (Å²) in [6, 6.07) is 8.11. The molecular weight excluding hydrogens is 286 g/mol. The lowest BCUT2D eigenvalue weighted by molar-refractivity contribution is 0.244. The van der Waals surface area contributed by atoms with E-state index in [2.05, 4.69) is 15.3 Å². The van der Waals surface area contributed by atoms with Gasteiger partial charge in [-0.2, -0.15) is 4.37 Å². The van der Waals surface area contributed by atoms with Gasteiger partial charge in [-0.3, -0.25) is 0 Å². The van der Waals surface area contributed by atoms with Crippen LogP contribution in [-0.4, -0.2) is 23.6 Å². The molecular formula is C15H19N3O2S. The van der Waals surface area contributed by atoms with Crippen LogP contribution >= 0.6 is 11.5 Å². The number of nitrogen functional groups attached to an aromatic ring is 1. The second-order valence-electron chi connectivity index (χ2n) is 5.25. The van der Waals surface area contributed by atoms with Crippen molar-refractivity contribution >= 4 is 22.4 Å². The molecule has 1 aromatic heterocycles. The molecule has 0 spiro atoms. The maximum Gasteiger partial charge on any atom is 0.198 e. The maximum atomic E-state index is 5.95. The predicted molar refractivity (Wildman–Crippen MR) is 85.3 cm³/mol. The van der Waals surface area contributed by atoms with Crippen molar-refractivity contribution < 1.29 is 9.47 Å². The van der Waals surface area contributed by atoms with Crippen LogP contribution in [0.25, 0.3) is 0 Å². The summed E-state index contributed by atoms with van der Waals surface area (Å²) in [7, 11) is 0. The summed E-state index contributed by atoms with van der Waals surface area (Å²) in [5.74, 6) is 2.10. The Kier molecular flexibility index (Phi) is 3.88. The molecule has 0 atom stereocenters. The SMILES string of the molecule is CC(C)Oc1c(N)nsc1N1CCOc2ccccc2C1. The number of rotatable bonds is 3. The van der Waals surface area contributed by atoms with Crippen LogP contribution in [0.2, 0.25) is 0 Å². The van der Waals surface area contributed by atoms with Crippen LogP contribution in [0.1, 0.15) is 19.4 Å². The van der Waals surface area contributed by atoms with Gasteiger partial charge in [-0.1, -0.05) is 18.2 Å². The number of para-hydroxylation sites is 1. The fourth-order valence-electron chi connectivity index (χ4n) is 2.33. The van der Waals surface area contributed by atoms with Crippen LogP contribution in [0.5, 0.6) is 11.5 Å². The summed E-state index contributed by atoms with van der Waals surface area (Å²) in [5, 5.41) is 0.974. The zero-order valence-corrected chi connectivity index (χ0v) is 13.0. The Morgan fingerprint density at radius 3 is 3.00 bits per heavy atom. The number of anilines is 2. The lowest BCUT2D eigenvalue weighted by Gasteiger charge is -2.22. The van der Waals surface area contributed by atoms with E-state index >= 15 is 0 Å². The fraction of sp³-hybridized carbons (Fsp3) is 0.400. The Hall–Kier alpha value is -1.95. The Bertz CT molecular complexity index is 627. The van der Waals surface area contributed by atoms with E-state index in [0.29, 0.717) is 18.2 Å². The Balaban J connectivity index is 1.91. The van der Waals surface area contributed by atoms with Gasteiger partial charge in [0.05, 0.1) is 12.6 Å². The third-order valence-corrected chi connectivity index (χ3v) is 4.16. The van der Waals surface area contributed by atoms with Crippen LogP contribution in [0.3, 0.4) is 0 Å². The first kappa shape index (κ1) is 14.0. The molecule has 1 aliphatic heterocycles. The summed E-state index contributed by atoms with van der Waals surface area (Å²) in [6.45, 7) is 6.16. The third-order valence-electron chi connectivity index (χ3n) is 3.25. The molecule has 112 valence electrons. The van der Waals surface area contributed by atoms with Crippen molar-refractivity contribution in [3.05, 3.63) is 29.8 Å². The molecule has 21 heavy (non-hydrogen) atoms. The summed E-state index contributed by atoms with van der Waals surface area (Å²) < 4.78 is 15.9. The minimum Gasteiger partial charge on any atom is -0.491 e. The number of aromatic nitrogens is 1. The van der Waals surface area contributed by atoms with Gasteiger partial charge in [-0.25, -0.2) is 0 Å². The van der Waals surface area contributed by atoms with Crippen molar-refractivity contribution in [3.63, 3.8) is 0 Å². The Morgan fingerprint density at radius 2 is 2.19 bits per heavy atom. The van der Waals surface area contributed by atoms with Gasteiger partial charge < -0.3 is 20.1 Å². The number of ether oxygens (including phenoxy) is 2. The quantitative estimate of drug-likeness (QED) is 0.945. The van der Waals surface area contributed by atoms with Crippen molar-refractivity contribution in [1.29, 1.82) is 0 Å². The van der Waals surface area contributed by atoms with Crippen LogP contribution in [-0.2, 0) is 6.54 Å². The van der Waals surface area contributed by atoms with Gasteiger partial charge in [0.15, 0.2) is 16.6 Å². The van der Waals surface area contributed by atoms with Gasteiger partial charge in [0.25, 0.3) is 0 Å². The molecule has 3 rings (SSSR count). The van der Waals surface area contributed by atoms with E-state index in [1.54, 1.807) is 0 Å². The molecule has 0 aliphatic carbocycles. The van der Waals surface area contributed by atoms with Gasteiger partial charge in [-0.15, -0.1) is 0 Å². The zero-order valence-electron chi connectivity index (χ0n) is 12.2. The van der Waals surface area contributed by atoms with Gasteiger partial charge >= 0.3 is 0 Å². The lowest BCUT2D eigenvalue weighted by Crippen LogP contribution is -2.25. The van der Waals surface area contributed by atoms with E-state index in [0.717, 1.165) is 29.4 Å². The number of nitrogens with zero attached hydrogens (tertiary/aromatic N) is 2. The fourth-order valence-corrected chi connectivity index (χ4v) is 3.11. The van der Waals surface area contributed by atoms with Crippen molar-refractivity contribution in [2.45, 2.75) is 26.5 Å². The molecule has 0 saturated carbocycles. The van der Waals surface area contributed by atoms with Gasteiger partial charge in [-0.05, 0) is 31.4 Å². The molecule has 2 heterocycles. The average molecular weight is 305 g/mol. The smallest absolute Gasteiger partial charge is 0.198 e. The molecule has 6 heteroatoms. The summed E-state index contributed by atoms with van der Waals surface area (Å²) in [5.41, 5.74) is 7.11. The third kappa shape index (κ3) is 2.90. The van der Waals surface area contributed by atoms with Gasteiger partial charge in [0.1, 0.15) is 12.4 Å². The van der Waals surface area contributed by atoms with Crippen LogP contribution in [0, 0.1) is 0 Å². The van der Waals surface area contributed by atoms with E-state index < -0.39 is 0 Å². The highest BCUT2D eigenvalue weighted by atomic mass is 32.1. The molecule has 2 aromatic rings. The highest BCUT2D eigenvalue weighted by Gasteiger charge is 2.23. The van der Waals surface area contributed by atoms with E-state index in [4.69, 9.17) is 15.2 Å². The van der Waals surface area contributed by atoms with E-state index in [1.807, 2.05) is 32.0 Å². The van der Waals surface area contributed by atoms with Gasteiger partial charge in [0, 0.05) is 12.1 Å². The lowest BCUT2D eigenvalue weighted by atomic mass is 10.2. The average Bonchev–Trinajstić information content (AvgIpc) is 2.70. The number of hydrogen-bond donors (Lipinski definition) is 1. The van der Waals surface area contributed by atoms with Crippen molar-refractivity contribution in [1.82, 2.24) is 4.37 Å². The largest absolute Gasteiger partial charge is 0.491 e. The summed E-state index contributed by atoms with van der Waals surface area (Å²) in [6.07, 6.45) is 0.0676. The van der Waals surface area contributed by atoms with Crippen molar-refractivity contribution in [3.8, 4) is 11.5 Å². The van der Waals surface area contributed by atoms with Crippen LogP contribution in [0.15, 0.2) is 24.3 Å². The first-order chi connectivity index (χ1) is 10.1. The van der Waals surface area contributed by atoms with Crippen LogP contribution in [0.4, 0.5) is 10.8 Å². The Morgan fingerprint density at radius 1 is 1.38 bits per heavy atom. The molecule has 0 amide bonds. The molecule has 0 fully saturated rings. The predicted octanol–water partition coefficient (Wildman–Crippen LogP) is 2.91. The number of fused-ring (bicyclic) bond motifs is 1. The highest BCUT2D eigenvalue weighted by Crippen LogP contribution is 2.40. The topological polar surface area (TPSA) is 60.6 Å². The normalized spacial score (nSPS) is 14.5. The van der Waals surface area contributed by atoms with E-state index in [9.17, 15) is 0 Å². The second kappa shape index (κ2) is 5.81. The molecule has 5 nitrogen and oxygen atoms in total. The molecule has 1 aromatic carbocycles. The molecule has 0 bridgehead atoms. The number of hydrogen-bond acceptors (Lipinski definition) is 6. The number of benzene rings is 1. The molecule has 2 N–H and O–H groups in total. The minimum absolute atomic E-state index is 0.0676. The number of nitrogens with two attached hydrogens (primary N) is 1. The second-order valence-corrected chi connectivity index (χ2v) is 6.00. The van der Waals surface area contributed by atoms with Gasteiger partial charge in [0.2, 0.25) is 0 Å². The molecule has 1 aliphatic rings. The standard InChI is InChI=1S/C15H19N3O2S/c1-10(2)20-13-14(16)17-21-15(13)18-7-8-19-12-6-4-3-5-11(12)9-18/h3-6,10H,7-9H2,1-2H3,(H2,16,17). The zero-order chi connectivity index (χ0) is 14.8. The summed E-state index contributed by atoms with van der Waals surface area (Å²) in [4.78, 5) is 2.22. The highest BCUT2D eigenvalue weighted by molar-refractivity contribution is 7.11. The Labute approximate surface area is 128 Å². The van der Waals surface area contributed by atoms with E-state index in [-0.39, 0.29) is 6.10 Å². The summed E-state index contributed by atoms with van der Waals surface area (Å²) >= 11 is 1.38. The molecule has 0 unspecified atom stereocenters. The minimum atomic E-state index is 0.0676. The first-order valence-corrected chi connectivity index (χ1v) is 7.80. The first-order valence-electron chi connectivity index (χ1n) is 7.02. The van der Waals surface area contributed by atoms with Crippen molar-refractivity contribution in [2.75, 3.05) is 23.8 Å². The van der Waals surface area contributed by atoms with Crippen LogP contribution < -0.4 is 20.1 Å². The van der Waals surface area contributed by atoms with Crippen molar-refractivity contribution in [2.24, 2.45) is 0 Å².